The summed E-state index contributed by atoms with van der Waals surface area (Å²) in [6, 6.07) is 18.2. The molecule has 0 aliphatic carbocycles. The molecule has 0 unspecified atom stereocenters. The first kappa shape index (κ1) is 13.7. The number of carboxylic acid groups (broad SMARTS) is 1. The van der Waals surface area contributed by atoms with Crippen LogP contribution < -0.4 is 5.73 Å². The first-order valence-corrected chi connectivity index (χ1v) is 6.13. The monoisotopic (exact) mass is 269 g/mol. The van der Waals surface area contributed by atoms with Crippen LogP contribution in [0.3, 0.4) is 0 Å². The summed E-state index contributed by atoms with van der Waals surface area (Å²) in [5, 5.41) is 9.22. The molecule has 0 saturated heterocycles. The van der Waals surface area contributed by atoms with Gasteiger partial charge in [0, 0.05) is 5.56 Å². The van der Waals surface area contributed by atoms with E-state index in [2.05, 4.69) is 0 Å². The molecular weight excluding hydrogens is 254 g/mol. The molecule has 20 heavy (non-hydrogen) atoms. The standard InChI is InChI=1S/C16H15NO3/c17-14(13-9-5-2-6-10-13)15(16(18)19)20-11-12-7-3-1-4-8-12/h1-10H,11,17H2,(H,18,19)/b15-14-. The van der Waals surface area contributed by atoms with Gasteiger partial charge in [0.15, 0.2) is 0 Å². The molecule has 2 rings (SSSR count). The molecule has 0 atom stereocenters. The third-order valence-electron chi connectivity index (χ3n) is 2.75. The van der Waals surface area contributed by atoms with Gasteiger partial charge in [0.2, 0.25) is 5.76 Å². The van der Waals surface area contributed by atoms with E-state index in [0.717, 1.165) is 5.56 Å². The van der Waals surface area contributed by atoms with Crippen LogP contribution in [0.15, 0.2) is 66.4 Å². The second kappa shape index (κ2) is 6.43. The fraction of sp³-hybridized carbons (Fsp3) is 0.0625. The van der Waals surface area contributed by atoms with Crippen LogP contribution in [0.2, 0.25) is 0 Å². The minimum atomic E-state index is -1.18. The molecule has 0 saturated carbocycles. The summed E-state index contributed by atoms with van der Waals surface area (Å²) in [6.07, 6.45) is 0. The first-order chi connectivity index (χ1) is 9.68. The fourth-order valence-electron chi connectivity index (χ4n) is 1.73. The SMILES string of the molecule is N/C(=C(\OCc1ccccc1)C(=O)O)c1ccccc1. The summed E-state index contributed by atoms with van der Waals surface area (Å²) in [6.45, 7) is 0.163. The molecule has 2 aromatic rings. The summed E-state index contributed by atoms with van der Waals surface area (Å²) in [4.78, 5) is 11.3. The predicted molar refractivity (Wildman–Crippen MR) is 76.4 cm³/mol. The topological polar surface area (TPSA) is 72.5 Å². The van der Waals surface area contributed by atoms with Gasteiger partial charge in [0.05, 0.1) is 5.70 Å². The van der Waals surface area contributed by atoms with E-state index in [1.807, 2.05) is 36.4 Å². The van der Waals surface area contributed by atoms with Crippen LogP contribution in [0.1, 0.15) is 11.1 Å². The Morgan fingerprint density at radius 2 is 1.55 bits per heavy atom. The average molecular weight is 269 g/mol. The van der Waals surface area contributed by atoms with E-state index in [0.29, 0.717) is 5.56 Å². The molecule has 3 N–H and O–H groups in total. The van der Waals surface area contributed by atoms with E-state index in [9.17, 15) is 9.90 Å². The second-order valence-corrected chi connectivity index (χ2v) is 4.19. The fourth-order valence-corrected chi connectivity index (χ4v) is 1.73. The minimum Gasteiger partial charge on any atom is -0.480 e. The van der Waals surface area contributed by atoms with Gasteiger partial charge in [-0.05, 0) is 5.56 Å². The van der Waals surface area contributed by atoms with Gasteiger partial charge in [-0.15, -0.1) is 0 Å². The van der Waals surface area contributed by atoms with Gasteiger partial charge >= 0.3 is 5.97 Å². The molecule has 2 aromatic carbocycles. The third kappa shape index (κ3) is 3.38. The molecule has 0 radical (unpaired) electrons. The number of benzene rings is 2. The normalized spacial score (nSPS) is 11.6. The zero-order chi connectivity index (χ0) is 14.4. The minimum absolute atomic E-state index is 0.119. The van der Waals surface area contributed by atoms with Crippen molar-refractivity contribution < 1.29 is 14.6 Å². The van der Waals surface area contributed by atoms with Crippen molar-refractivity contribution >= 4 is 11.7 Å². The maximum absolute atomic E-state index is 11.3. The molecule has 0 bridgehead atoms. The summed E-state index contributed by atoms with van der Waals surface area (Å²) >= 11 is 0. The second-order valence-electron chi connectivity index (χ2n) is 4.19. The molecule has 102 valence electrons. The lowest BCUT2D eigenvalue weighted by Crippen LogP contribution is -2.12. The van der Waals surface area contributed by atoms with Crippen LogP contribution in [-0.4, -0.2) is 11.1 Å². The van der Waals surface area contributed by atoms with Gasteiger partial charge in [-0.1, -0.05) is 60.7 Å². The van der Waals surface area contributed by atoms with Crippen LogP contribution in [0, 0.1) is 0 Å². The van der Waals surface area contributed by atoms with E-state index < -0.39 is 5.97 Å². The zero-order valence-electron chi connectivity index (χ0n) is 10.8. The molecule has 0 fully saturated rings. The van der Waals surface area contributed by atoms with Crippen LogP contribution in [0.5, 0.6) is 0 Å². The Labute approximate surface area is 117 Å². The summed E-state index contributed by atoms with van der Waals surface area (Å²) in [5.74, 6) is -1.41. The van der Waals surface area contributed by atoms with Crippen molar-refractivity contribution in [2.24, 2.45) is 5.73 Å². The van der Waals surface area contributed by atoms with Crippen LogP contribution in [0.25, 0.3) is 5.70 Å². The van der Waals surface area contributed by atoms with Gasteiger partial charge in [-0.3, -0.25) is 0 Å². The van der Waals surface area contributed by atoms with Gasteiger partial charge in [0.25, 0.3) is 0 Å². The maximum atomic E-state index is 11.3. The van der Waals surface area contributed by atoms with Crippen molar-refractivity contribution in [3.05, 3.63) is 77.5 Å². The lowest BCUT2D eigenvalue weighted by molar-refractivity contribution is -0.136. The summed E-state index contributed by atoms with van der Waals surface area (Å²) < 4.78 is 5.36. The maximum Gasteiger partial charge on any atom is 0.373 e. The first-order valence-electron chi connectivity index (χ1n) is 6.13. The van der Waals surface area contributed by atoms with E-state index >= 15 is 0 Å². The van der Waals surface area contributed by atoms with Crippen LogP contribution >= 0.6 is 0 Å². The van der Waals surface area contributed by atoms with Crippen molar-refractivity contribution in [2.75, 3.05) is 0 Å². The number of carboxylic acids is 1. The summed E-state index contributed by atoms with van der Waals surface area (Å²) in [7, 11) is 0. The highest BCUT2D eigenvalue weighted by Gasteiger charge is 2.15. The number of aliphatic carboxylic acids is 1. The quantitative estimate of drug-likeness (QED) is 0.646. The van der Waals surface area contributed by atoms with E-state index in [1.54, 1.807) is 24.3 Å². The summed E-state index contributed by atoms with van der Waals surface area (Å²) in [5.41, 5.74) is 7.50. The highest BCUT2D eigenvalue weighted by molar-refractivity contribution is 5.93. The van der Waals surface area contributed by atoms with Gasteiger partial charge in [-0.2, -0.15) is 0 Å². The Kier molecular flexibility index (Phi) is 4.39. The molecule has 0 heterocycles. The number of hydrogen-bond donors (Lipinski definition) is 2. The molecule has 0 aliphatic heterocycles. The Bertz CT molecular complexity index is 606. The molecule has 0 spiro atoms. The molecular formula is C16H15NO3. The molecule has 4 heteroatoms. The lowest BCUT2D eigenvalue weighted by Gasteiger charge is -2.10. The molecule has 4 nitrogen and oxygen atoms in total. The van der Waals surface area contributed by atoms with Crippen molar-refractivity contribution in [3.8, 4) is 0 Å². The third-order valence-corrected chi connectivity index (χ3v) is 2.75. The van der Waals surface area contributed by atoms with E-state index in [-0.39, 0.29) is 18.1 Å². The smallest absolute Gasteiger partial charge is 0.373 e. The number of nitrogens with two attached hydrogens (primary N) is 1. The molecule has 0 amide bonds. The lowest BCUT2D eigenvalue weighted by atomic mass is 10.1. The zero-order valence-corrected chi connectivity index (χ0v) is 10.8. The predicted octanol–water partition coefficient (Wildman–Crippen LogP) is 2.62. The Morgan fingerprint density at radius 3 is 2.10 bits per heavy atom. The van der Waals surface area contributed by atoms with Crippen molar-refractivity contribution in [2.45, 2.75) is 6.61 Å². The Balaban J connectivity index is 2.21. The number of carbonyl (C=O) groups is 1. The van der Waals surface area contributed by atoms with Crippen LogP contribution in [0.4, 0.5) is 0 Å². The van der Waals surface area contributed by atoms with Gasteiger partial charge in [0.1, 0.15) is 6.61 Å². The number of hydrogen-bond acceptors (Lipinski definition) is 3. The van der Waals surface area contributed by atoms with Crippen LogP contribution in [-0.2, 0) is 16.1 Å². The van der Waals surface area contributed by atoms with Crippen molar-refractivity contribution in [1.82, 2.24) is 0 Å². The average Bonchev–Trinajstić information content (AvgIpc) is 2.49. The van der Waals surface area contributed by atoms with Crippen molar-refractivity contribution in [3.63, 3.8) is 0 Å². The van der Waals surface area contributed by atoms with Gasteiger partial charge in [-0.25, -0.2) is 4.79 Å². The van der Waals surface area contributed by atoms with Gasteiger partial charge < -0.3 is 15.6 Å². The molecule has 0 aromatic heterocycles. The Hall–Kier alpha value is -2.75. The largest absolute Gasteiger partial charge is 0.480 e. The molecule has 0 aliphatic rings. The highest BCUT2D eigenvalue weighted by atomic mass is 16.5. The number of rotatable bonds is 5. The van der Waals surface area contributed by atoms with Crippen molar-refractivity contribution in [1.29, 1.82) is 0 Å². The highest BCUT2D eigenvalue weighted by Crippen LogP contribution is 2.16. The number of ether oxygens (including phenoxy) is 1. The van der Waals surface area contributed by atoms with E-state index in [1.165, 1.54) is 0 Å². The van der Waals surface area contributed by atoms with E-state index in [4.69, 9.17) is 10.5 Å². The Morgan fingerprint density at radius 1 is 1.00 bits per heavy atom.